The monoisotopic (exact) mass is 445 g/mol. The van der Waals surface area contributed by atoms with Gasteiger partial charge < -0.3 is 9.64 Å². The van der Waals surface area contributed by atoms with Crippen molar-refractivity contribution in [3.8, 4) is 0 Å². The lowest BCUT2D eigenvalue weighted by atomic mass is 9.60. The van der Waals surface area contributed by atoms with Crippen molar-refractivity contribution in [2.45, 2.75) is 58.0 Å². The van der Waals surface area contributed by atoms with Crippen molar-refractivity contribution in [2.75, 3.05) is 20.1 Å². The van der Waals surface area contributed by atoms with Crippen LogP contribution in [0.15, 0.2) is 66.7 Å². The van der Waals surface area contributed by atoms with Crippen molar-refractivity contribution in [2.24, 2.45) is 17.8 Å². The van der Waals surface area contributed by atoms with Crippen molar-refractivity contribution in [3.63, 3.8) is 0 Å². The summed E-state index contributed by atoms with van der Waals surface area (Å²) in [5, 5.41) is 0. The molecule has 0 N–H and O–H groups in total. The highest BCUT2D eigenvalue weighted by Crippen LogP contribution is 2.53. The van der Waals surface area contributed by atoms with Crippen molar-refractivity contribution < 1.29 is 9.53 Å². The SMILES string of the molecule is CC(C)C(=O)O[C@@]1(CCN(C)CCCc2ccccc2)C[C@H]2CC[C@@H]1C=C2c1ccccc1. The van der Waals surface area contributed by atoms with E-state index in [0.717, 1.165) is 45.2 Å². The number of benzene rings is 2. The molecule has 0 saturated heterocycles. The second kappa shape index (κ2) is 10.7. The minimum Gasteiger partial charge on any atom is -0.458 e. The number of nitrogens with zero attached hydrogens (tertiary/aromatic N) is 1. The zero-order valence-corrected chi connectivity index (χ0v) is 20.5. The Balaban J connectivity index is 1.43. The first kappa shape index (κ1) is 23.8. The highest BCUT2D eigenvalue weighted by atomic mass is 16.6. The third-order valence-corrected chi connectivity index (χ3v) is 7.56. The Morgan fingerprint density at radius 1 is 1.03 bits per heavy atom. The van der Waals surface area contributed by atoms with Gasteiger partial charge in [0.05, 0.1) is 5.92 Å². The van der Waals surface area contributed by atoms with Crippen molar-refractivity contribution in [3.05, 3.63) is 77.9 Å². The van der Waals surface area contributed by atoms with Gasteiger partial charge in [-0.2, -0.15) is 0 Å². The van der Waals surface area contributed by atoms with Gasteiger partial charge in [-0.3, -0.25) is 4.79 Å². The van der Waals surface area contributed by atoms with Crippen LogP contribution in [0.25, 0.3) is 5.57 Å². The van der Waals surface area contributed by atoms with Crippen LogP contribution in [0.4, 0.5) is 0 Å². The predicted molar refractivity (Wildman–Crippen MR) is 136 cm³/mol. The number of aryl methyl sites for hydroxylation is 1. The molecule has 0 aromatic heterocycles. The molecule has 0 radical (unpaired) electrons. The van der Waals surface area contributed by atoms with E-state index in [2.05, 4.69) is 78.7 Å². The summed E-state index contributed by atoms with van der Waals surface area (Å²) in [6.45, 7) is 5.90. The Kier molecular flexibility index (Phi) is 7.70. The number of fused-ring (bicyclic) bond motifs is 2. The van der Waals surface area contributed by atoms with Crippen LogP contribution in [0.3, 0.4) is 0 Å². The molecule has 2 aromatic carbocycles. The Bertz CT molecular complexity index is 936. The molecule has 0 amide bonds. The number of ether oxygens (including phenoxy) is 1. The van der Waals surface area contributed by atoms with E-state index >= 15 is 0 Å². The first-order valence-electron chi connectivity index (χ1n) is 12.7. The van der Waals surface area contributed by atoms with E-state index in [0.29, 0.717) is 11.8 Å². The van der Waals surface area contributed by atoms with Gasteiger partial charge in [-0.05, 0) is 68.3 Å². The van der Waals surface area contributed by atoms with Gasteiger partial charge in [-0.15, -0.1) is 0 Å². The highest BCUT2D eigenvalue weighted by Gasteiger charge is 2.50. The Hall–Kier alpha value is -2.39. The predicted octanol–water partition coefficient (Wildman–Crippen LogP) is 6.39. The molecule has 3 nitrogen and oxygen atoms in total. The van der Waals surface area contributed by atoms with Gasteiger partial charge in [0.15, 0.2) is 0 Å². The first-order valence-corrected chi connectivity index (χ1v) is 12.7. The van der Waals surface area contributed by atoms with E-state index in [4.69, 9.17) is 4.74 Å². The van der Waals surface area contributed by atoms with Crippen LogP contribution in [-0.2, 0) is 16.0 Å². The maximum absolute atomic E-state index is 12.8. The average Bonchev–Trinajstić information content (AvgIpc) is 2.84. The van der Waals surface area contributed by atoms with Gasteiger partial charge in [-0.1, -0.05) is 80.6 Å². The summed E-state index contributed by atoms with van der Waals surface area (Å²) in [5.74, 6) is 0.631. The van der Waals surface area contributed by atoms with E-state index in [1.165, 1.54) is 23.1 Å². The second-order valence-corrected chi connectivity index (χ2v) is 10.4. The quantitative estimate of drug-likeness (QED) is 0.397. The molecule has 1 saturated carbocycles. The number of rotatable bonds is 10. The molecule has 0 heterocycles. The maximum Gasteiger partial charge on any atom is 0.308 e. The standard InChI is InChI=1S/C30H39NO2/c1-23(2)29(32)33-30(18-20-31(3)19-10-13-24-11-6-4-7-12-24)22-26-16-17-27(30)21-28(26)25-14-8-5-9-15-25/h4-9,11-12,14-15,21,23,26-27H,10,13,16-20,22H2,1-3H3/t26-,27-,30+/m1/s1. The van der Waals surface area contributed by atoms with Crippen LogP contribution < -0.4 is 0 Å². The average molecular weight is 446 g/mol. The van der Waals surface area contributed by atoms with Gasteiger partial charge in [0, 0.05) is 18.9 Å². The lowest BCUT2D eigenvalue weighted by Gasteiger charge is -2.50. The fourth-order valence-corrected chi connectivity index (χ4v) is 5.59. The Morgan fingerprint density at radius 3 is 2.36 bits per heavy atom. The van der Waals surface area contributed by atoms with E-state index in [9.17, 15) is 4.79 Å². The van der Waals surface area contributed by atoms with Gasteiger partial charge in [-0.25, -0.2) is 0 Å². The van der Waals surface area contributed by atoms with Crippen LogP contribution >= 0.6 is 0 Å². The van der Waals surface area contributed by atoms with Gasteiger partial charge in [0.25, 0.3) is 0 Å². The third kappa shape index (κ3) is 5.76. The number of esters is 1. The summed E-state index contributed by atoms with van der Waals surface area (Å²) in [7, 11) is 2.20. The molecule has 0 unspecified atom stereocenters. The van der Waals surface area contributed by atoms with Crippen LogP contribution in [0, 0.1) is 17.8 Å². The van der Waals surface area contributed by atoms with E-state index < -0.39 is 0 Å². The maximum atomic E-state index is 12.8. The van der Waals surface area contributed by atoms with Crippen LogP contribution in [0.1, 0.15) is 57.1 Å². The molecule has 0 spiro atoms. The van der Waals surface area contributed by atoms with Crippen molar-refractivity contribution in [1.82, 2.24) is 4.90 Å². The van der Waals surface area contributed by atoms with Crippen LogP contribution in [0.5, 0.6) is 0 Å². The smallest absolute Gasteiger partial charge is 0.308 e. The fourth-order valence-electron chi connectivity index (χ4n) is 5.59. The van der Waals surface area contributed by atoms with E-state index in [-0.39, 0.29) is 17.5 Å². The molecule has 3 aliphatic carbocycles. The molecular weight excluding hydrogens is 406 g/mol. The van der Waals surface area contributed by atoms with Gasteiger partial charge in [0.1, 0.15) is 5.60 Å². The molecule has 3 aliphatic rings. The molecule has 33 heavy (non-hydrogen) atoms. The fraction of sp³-hybridized carbons (Fsp3) is 0.500. The van der Waals surface area contributed by atoms with Gasteiger partial charge >= 0.3 is 5.97 Å². The lowest BCUT2D eigenvalue weighted by Crippen LogP contribution is -2.51. The number of allylic oxidation sites excluding steroid dienone is 1. The van der Waals surface area contributed by atoms with Crippen LogP contribution in [-0.4, -0.2) is 36.6 Å². The summed E-state index contributed by atoms with van der Waals surface area (Å²) in [4.78, 5) is 15.2. The molecule has 2 aromatic rings. The Morgan fingerprint density at radius 2 is 1.73 bits per heavy atom. The minimum absolute atomic E-state index is 0.0519. The topological polar surface area (TPSA) is 29.5 Å². The first-order chi connectivity index (χ1) is 16.0. The van der Waals surface area contributed by atoms with Gasteiger partial charge in [0.2, 0.25) is 0 Å². The van der Waals surface area contributed by atoms with Crippen molar-refractivity contribution in [1.29, 1.82) is 0 Å². The largest absolute Gasteiger partial charge is 0.458 e. The molecule has 5 rings (SSSR count). The number of carbonyl (C=O) groups is 1. The third-order valence-electron chi connectivity index (χ3n) is 7.56. The summed E-state index contributed by atoms with van der Waals surface area (Å²) >= 11 is 0. The summed E-state index contributed by atoms with van der Waals surface area (Å²) in [6, 6.07) is 21.5. The molecule has 3 atom stereocenters. The minimum atomic E-state index is -0.365. The Labute approximate surface area is 199 Å². The summed E-state index contributed by atoms with van der Waals surface area (Å²) < 4.78 is 6.37. The zero-order valence-electron chi connectivity index (χ0n) is 20.5. The van der Waals surface area contributed by atoms with Crippen LogP contribution in [0.2, 0.25) is 0 Å². The zero-order chi connectivity index (χ0) is 23.3. The number of carbonyl (C=O) groups excluding carboxylic acids is 1. The molecule has 176 valence electrons. The molecule has 0 aliphatic heterocycles. The number of hydrogen-bond acceptors (Lipinski definition) is 3. The summed E-state index contributed by atoms with van der Waals surface area (Å²) in [5.41, 5.74) is 3.82. The van der Waals surface area contributed by atoms with E-state index in [1.807, 2.05) is 13.8 Å². The lowest BCUT2D eigenvalue weighted by molar-refractivity contribution is -0.176. The molecular formula is C30H39NO2. The normalized spacial score (nSPS) is 24.2. The highest BCUT2D eigenvalue weighted by molar-refractivity contribution is 5.73. The van der Waals surface area contributed by atoms with E-state index in [1.54, 1.807) is 0 Å². The number of hydrogen-bond donors (Lipinski definition) is 0. The second-order valence-electron chi connectivity index (χ2n) is 10.4. The summed E-state index contributed by atoms with van der Waals surface area (Å²) in [6.07, 6.45) is 8.86. The van der Waals surface area contributed by atoms with Crippen molar-refractivity contribution >= 4 is 11.5 Å². The molecule has 1 fully saturated rings. The molecule has 3 heteroatoms. The molecule has 2 bridgehead atoms.